The molecule has 3 atom stereocenters. The van der Waals surface area contributed by atoms with E-state index >= 15 is 0 Å². The van der Waals surface area contributed by atoms with Gasteiger partial charge in [-0.15, -0.1) is 0 Å². The Balaban J connectivity index is 1.89. The van der Waals surface area contributed by atoms with Gasteiger partial charge in [-0.05, 0) is 51.4 Å². The Hall–Kier alpha value is -0.610. The Kier molecular flexibility index (Phi) is 5.85. The van der Waals surface area contributed by atoms with E-state index in [0.717, 1.165) is 12.5 Å². The minimum absolute atomic E-state index is 0.0404. The molecule has 2 N–H and O–H groups in total. The van der Waals surface area contributed by atoms with Gasteiger partial charge in [0.2, 0.25) is 0 Å². The summed E-state index contributed by atoms with van der Waals surface area (Å²) in [4.78, 5) is 11.7. The van der Waals surface area contributed by atoms with Crippen molar-refractivity contribution < 1.29 is 14.3 Å². The highest BCUT2D eigenvalue weighted by molar-refractivity contribution is 5.75. The molecule has 2 saturated carbocycles. The van der Waals surface area contributed by atoms with Crippen LogP contribution >= 0.6 is 0 Å². The Labute approximate surface area is 122 Å². The lowest BCUT2D eigenvalue weighted by molar-refractivity contribution is -0.161. The molecule has 2 aliphatic rings. The first-order chi connectivity index (χ1) is 9.58. The molecule has 0 aromatic rings. The van der Waals surface area contributed by atoms with Crippen molar-refractivity contribution >= 4 is 5.97 Å². The van der Waals surface area contributed by atoms with Crippen LogP contribution in [0.4, 0.5) is 0 Å². The standard InChI is InChI=1S/C16H29NO3/c1-11(17)16(18)20-12(2)15(19-10-13-8-9-13)14-6-4-3-5-7-14/h11-15H,3-10,17H2,1-2H3/t11-,12-,15-/m0/s1. The molecule has 4 nitrogen and oxygen atoms in total. The summed E-state index contributed by atoms with van der Waals surface area (Å²) in [7, 11) is 0. The summed E-state index contributed by atoms with van der Waals surface area (Å²) in [6.45, 7) is 4.43. The zero-order chi connectivity index (χ0) is 14.5. The number of carbonyl (C=O) groups excluding carboxylic acids is 1. The Bertz CT molecular complexity index is 309. The lowest BCUT2D eigenvalue weighted by atomic mass is 9.83. The van der Waals surface area contributed by atoms with Gasteiger partial charge >= 0.3 is 5.97 Å². The summed E-state index contributed by atoms with van der Waals surface area (Å²) < 4.78 is 11.6. The minimum atomic E-state index is -0.562. The molecule has 0 amide bonds. The molecule has 0 aromatic carbocycles. The van der Waals surface area contributed by atoms with Crippen molar-refractivity contribution in [3.05, 3.63) is 0 Å². The molecular weight excluding hydrogens is 254 g/mol. The minimum Gasteiger partial charge on any atom is -0.459 e. The Morgan fingerprint density at radius 2 is 1.80 bits per heavy atom. The van der Waals surface area contributed by atoms with Crippen molar-refractivity contribution in [2.45, 2.75) is 77.0 Å². The smallest absolute Gasteiger partial charge is 0.322 e. The zero-order valence-electron chi connectivity index (χ0n) is 12.8. The molecule has 0 unspecified atom stereocenters. The van der Waals surface area contributed by atoms with Gasteiger partial charge in [-0.1, -0.05) is 19.3 Å². The van der Waals surface area contributed by atoms with Crippen LogP contribution in [-0.2, 0) is 14.3 Å². The number of esters is 1. The van der Waals surface area contributed by atoms with E-state index in [1.807, 2.05) is 6.92 Å². The van der Waals surface area contributed by atoms with Crippen LogP contribution in [0, 0.1) is 11.8 Å². The van der Waals surface area contributed by atoms with Crippen LogP contribution in [0.1, 0.15) is 58.8 Å². The Morgan fingerprint density at radius 3 is 2.35 bits per heavy atom. The summed E-state index contributed by atoms with van der Waals surface area (Å²) in [5.74, 6) is 0.934. The van der Waals surface area contributed by atoms with E-state index in [-0.39, 0.29) is 18.2 Å². The summed E-state index contributed by atoms with van der Waals surface area (Å²) >= 11 is 0. The summed E-state index contributed by atoms with van der Waals surface area (Å²) in [6.07, 6.45) is 8.64. The summed E-state index contributed by atoms with van der Waals surface area (Å²) in [5, 5.41) is 0. The van der Waals surface area contributed by atoms with Gasteiger partial charge in [-0.2, -0.15) is 0 Å². The molecule has 0 aromatic heterocycles. The summed E-state index contributed by atoms with van der Waals surface area (Å²) in [5.41, 5.74) is 5.58. The third-order valence-corrected chi connectivity index (χ3v) is 4.47. The zero-order valence-corrected chi connectivity index (χ0v) is 12.8. The molecule has 4 heteroatoms. The van der Waals surface area contributed by atoms with Crippen LogP contribution in [0.5, 0.6) is 0 Å². The molecule has 0 bridgehead atoms. The highest BCUT2D eigenvalue weighted by Crippen LogP contribution is 2.34. The predicted octanol–water partition coefficient (Wildman–Crippen LogP) is 2.64. The van der Waals surface area contributed by atoms with E-state index in [1.165, 1.54) is 44.9 Å². The van der Waals surface area contributed by atoms with Gasteiger partial charge in [0.15, 0.2) is 0 Å². The number of rotatable bonds is 7. The first-order valence-electron chi connectivity index (χ1n) is 8.15. The van der Waals surface area contributed by atoms with E-state index in [2.05, 4.69) is 0 Å². The summed E-state index contributed by atoms with van der Waals surface area (Å²) in [6, 6.07) is -0.562. The molecule has 20 heavy (non-hydrogen) atoms. The van der Waals surface area contributed by atoms with Crippen LogP contribution in [0.15, 0.2) is 0 Å². The van der Waals surface area contributed by atoms with Crippen molar-refractivity contribution in [3.8, 4) is 0 Å². The second-order valence-electron chi connectivity index (χ2n) is 6.57. The SMILES string of the molecule is C[C@H](N)C(=O)O[C@@H](C)[C@H](OCC1CC1)C1CCCCC1. The fourth-order valence-corrected chi connectivity index (χ4v) is 3.01. The molecule has 0 radical (unpaired) electrons. The Morgan fingerprint density at radius 1 is 1.15 bits per heavy atom. The second-order valence-corrected chi connectivity index (χ2v) is 6.57. The second kappa shape index (κ2) is 7.41. The molecular formula is C16H29NO3. The van der Waals surface area contributed by atoms with Crippen molar-refractivity contribution in [1.82, 2.24) is 0 Å². The number of carbonyl (C=O) groups is 1. The topological polar surface area (TPSA) is 61.6 Å². The normalized spacial score (nSPS) is 24.9. The van der Waals surface area contributed by atoms with E-state index in [9.17, 15) is 4.79 Å². The molecule has 0 heterocycles. The third-order valence-electron chi connectivity index (χ3n) is 4.47. The van der Waals surface area contributed by atoms with Gasteiger partial charge in [-0.25, -0.2) is 0 Å². The van der Waals surface area contributed by atoms with E-state index in [4.69, 9.17) is 15.2 Å². The van der Waals surface area contributed by atoms with Crippen LogP contribution in [-0.4, -0.2) is 30.8 Å². The van der Waals surface area contributed by atoms with Gasteiger partial charge in [0.25, 0.3) is 0 Å². The fraction of sp³-hybridized carbons (Fsp3) is 0.938. The third kappa shape index (κ3) is 4.74. The largest absolute Gasteiger partial charge is 0.459 e. The number of nitrogens with two attached hydrogens (primary N) is 1. The van der Waals surface area contributed by atoms with Gasteiger partial charge in [0.05, 0.1) is 6.10 Å². The van der Waals surface area contributed by atoms with Crippen LogP contribution in [0.3, 0.4) is 0 Å². The highest BCUT2D eigenvalue weighted by Gasteiger charge is 2.33. The maximum atomic E-state index is 11.7. The lowest BCUT2D eigenvalue weighted by Gasteiger charge is -2.34. The molecule has 0 aliphatic heterocycles. The molecule has 2 aliphatic carbocycles. The van der Waals surface area contributed by atoms with Gasteiger partial charge in [0.1, 0.15) is 12.1 Å². The first kappa shape index (κ1) is 15.8. The van der Waals surface area contributed by atoms with E-state index in [1.54, 1.807) is 6.92 Å². The van der Waals surface area contributed by atoms with E-state index in [0.29, 0.717) is 5.92 Å². The van der Waals surface area contributed by atoms with Crippen molar-refractivity contribution in [2.24, 2.45) is 17.6 Å². The highest BCUT2D eigenvalue weighted by atomic mass is 16.6. The van der Waals surface area contributed by atoms with Crippen LogP contribution in [0.2, 0.25) is 0 Å². The van der Waals surface area contributed by atoms with Gasteiger partial charge in [0, 0.05) is 6.61 Å². The van der Waals surface area contributed by atoms with Crippen LogP contribution < -0.4 is 5.73 Å². The fourth-order valence-electron chi connectivity index (χ4n) is 3.01. The van der Waals surface area contributed by atoms with Crippen LogP contribution in [0.25, 0.3) is 0 Å². The number of ether oxygens (including phenoxy) is 2. The monoisotopic (exact) mass is 283 g/mol. The number of hydrogen-bond acceptors (Lipinski definition) is 4. The molecule has 2 rings (SSSR count). The predicted molar refractivity (Wildman–Crippen MR) is 78.2 cm³/mol. The van der Waals surface area contributed by atoms with Crippen molar-refractivity contribution in [1.29, 1.82) is 0 Å². The average Bonchev–Trinajstić information content (AvgIpc) is 3.24. The van der Waals surface area contributed by atoms with Gasteiger partial charge in [-0.3, -0.25) is 4.79 Å². The van der Waals surface area contributed by atoms with E-state index < -0.39 is 6.04 Å². The molecule has 116 valence electrons. The number of hydrogen-bond donors (Lipinski definition) is 1. The molecule has 0 spiro atoms. The van der Waals surface area contributed by atoms with Crippen molar-refractivity contribution in [3.63, 3.8) is 0 Å². The average molecular weight is 283 g/mol. The quantitative estimate of drug-likeness (QED) is 0.730. The van der Waals surface area contributed by atoms with Gasteiger partial charge < -0.3 is 15.2 Å². The maximum absolute atomic E-state index is 11.7. The van der Waals surface area contributed by atoms with Crippen molar-refractivity contribution in [2.75, 3.05) is 6.61 Å². The molecule has 0 saturated heterocycles. The lowest BCUT2D eigenvalue weighted by Crippen LogP contribution is -2.41. The first-order valence-corrected chi connectivity index (χ1v) is 8.15. The maximum Gasteiger partial charge on any atom is 0.322 e. The molecule has 2 fully saturated rings.